The molecule has 4 nitrogen and oxygen atoms in total. The Labute approximate surface area is 162 Å². The topological polar surface area (TPSA) is 41.9 Å². The van der Waals surface area contributed by atoms with Crippen LogP contribution in [0.2, 0.25) is 5.02 Å². The molecule has 0 aliphatic rings. The van der Waals surface area contributed by atoms with Crippen LogP contribution in [0.1, 0.15) is 24.1 Å². The number of nitrogens with zero attached hydrogens (tertiary/aromatic N) is 2. The second-order valence-corrected chi connectivity index (χ2v) is 6.65. The first kappa shape index (κ1) is 18.4. The maximum Gasteiger partial charge on any atom is 0.172 e. The van der Waals surface area contributed by atoms with Gasteiger partial charge >= 0.3 is 0 Å². The Morgan fingerprint density at radius 1 is 1.19 bits per heavy atom. The van der Waals surface area contributed by atoms with Crippen molar-refractivity contribution in [2.75, 3.05) is 5.32 Å². The number of aromatic nitrogens is 2. The van der Waals surface area contributed by atoms with E-state index in [1.54, 1.807) is 29.1 Å². The van der Waals surface area contributed by atoms with E-state index in [0.717, 1.165) is 5.56 Å². The molecule has 26 heavy (non-hydrogen) atoms. The number of hydrogen-bond acceptors (Lipinski definition) is 2. The summed E-state index contributed by atoms with van der Waals surface area (Å²) >= 11 is 11.4. The third-order valence-electron chi connectivity index (χ3n) is 3.91. The number of anilines is 1. The molecule has 2 aromatic carbocycles. The maximum absolute atomic E-state index is 13.9. The van der Waals surface area contributed by atoms with Crippen LogP contribution in [0.5, 0.6) is 0 Å². The van der Waals surface area contributed by atoms with Gasteiger partial charge in [-0.3, -0.25) is 4.68 Å². The van der Waals surface area contributed by atoms with Crippen LogP contribution in [0.3, 0.4) is 0 Å². The summed E-state index contributed by atoms with van der Waals surface area (Å²) in [5, 5.41) is 11.5. The number of halogens is 2. The minimum absolute atomic E-state index is 0.0653. The van der Waals surface area contributed by atoms with Gasteiger partial charge in [-0.2, -0.15) is 5.10 Å². The molecule has 0 amide bonds. The Bertz CT molecular complexity index is 877. The van der Waals surface area contributed by atoms with E-state index in [-0.39, 0.29) is 18.4 Å². The lowest BCUT2D eigenvalue weighted by molar-refractivity contribution is 0.586. The van der Waals surface area contributed by atoms with Crippen LogP contribution >= 0.6 is 23.8 Å². The summed E-state index contributed by atoms with van der Waals surface area (Å²) < 4.78 is 15.5. The molecule has 0 saturated carbocycles. The molecule has 1 aromatic heterocycles. The van der Waals surface area contributed by atoms with E-state index in [9.17, 15) is 4.39 Å². The third kappa shape index (κ3) is 4.59. The van der Waals surface area contributed by atoms with Gasteiger partial charge in [-0.25, -0.2) is 4.39 Å². The smallest absolute Gasteiger partial charge is 0.172 e. The Morgan fingerprint density at radius 3 is 2.69 bits per heavy atom. The third-order valence-corrected chi connectivity index (χ3v) is 4.49. The van der Waals surface area contributed by atoms with Crippen molar-refractivity contribution >= 4 is 34.7 Å². The minimum atomic E-state index is -0.351. The molecule has 3 aromatic rings. The first-order valence-corrected chi connectivity index (χ1v) is 8.90. The molecule has 134 valence electrons. The summed E-state index contributed by atoms with van der Waals surface area (Å²) in [5.41, 5.74) is 1.54. The van der Waals surface area contributed by atoms with Gasteiger partial charge in [0.25, 0.3) is 0 Å². The molecule has 2 N–H and O–H groups in total. The maximum atomic E-state index is 13.9. The van der Waals surface area contributed by atoms with Gasteiger partial charge in [-0.05, 0) is 36.8 Å². The average molecular weight is 389 g/mol. The molecule has 0 radical (unpaired) electrons. The van der Waals surface area contributed by atoms with E-state index in [1.807, 2.05) is 37.3 Å². The molecule has 0 bridgehead atoms. The van der Waals surface area contributed by atoms with Gasteiger partial charge in [0.15, 0.2) is 10.9 Å². The molecule has 0 aliphatic heterocycles. The van der Waals surface area contributed by atoms with E-state index >= 15 is 0 Å². The lowest BCUT2D eigenvalue weighted by Gasteiger charge is -2.16. The molecule has 3 rings (SSSR count). The molecule has 0 aliphatic carbocycles. The Hall–Kier alpha value is -2.44. The quantitative estimate of drug-likeness (QED) is 0.618. The van der Waals surface area contributed by atoms with Crippen molar-refractivity contribution < 1.29 is 4.39 Å². The van der Waals surface area contributed by atoms with E-state index in [1.165, 1.54) is 6.07 Å². The van der Waals surface area contributed by atoms with Crippen LogP contribution in [0, 0.1) is 5.82 Å². The van der Waals surface area contributed by atoms with Gasteiger partial charge in [0, 0.05) is 22.8 Å². The minimum Gasteiger partial charge on any atom is -0.356 e. The van der Waals surface area contributed by atoms with Crippen LogP contribution in [0.15, 0.2) is 60.8 Å². The number of hydrogen-bond donors (Lipinski definition) is 2. The van der Waals surface area contributed by atoms with Crippen LogP contribution in [-0.2, 0) is 6.54 Å². The van der Waals surface area contributed by atoms with Crippen LogP contribution in [0.25, 0.3) is 0 Å². The highest BCUT2D eigenvalue weighted by atomic mass is 35.5. The number of rotatable bonds is 5. The first-order chi connectivity index (χ1) is 12.5. The van der Waals surface area contributed by atoms with Gasteiger partial charge in [0.05, 0.1) is 12.6 Å². The van der Waals surface area contributed by atoms with Gasteiger partial charge in [-0.15, -0.1) is 0 Å². The second-order valence-electron chi connectivity index (χ2n) is 5.83. The Kier molecular flexibility index (Phi) is 5.85. The standard InChI is InChI=1S/C19H18ClFN4S/c1-13(14-6-3-2-4-7-14)22-19(26)23-18-10-11-25(24-18)12-15-16(20)8-5-9-17(15)21/h2-11,13H,12H2,1H3,(H2,22,23,24,26). The van der Waals surface area contributed by atoms with Crippen molar-refractivity contribution in [1.29, 1.82) is 0 Å². The first-order valence-electron chi connectivity index (χ1n) is 8.12. The van der Waals surface area contributed by atoms with Gasteiger partial charge in [-0.1, -0.05) is 48.0 Å². The normalized spacial score (nSPS) is 11.8. The summed E-state index contributed by atoms with van der Waals surface area (Å²) in [7, 11) is 0. The van der Waals surface area contributed by atoms with Crippen molar-refractivity contribution in [2.24, 2.45) is 0 Å². The molecule has 1 heterocycles. The van der Waals surface area contributed by atoms with Crippen molar-refractivity contribution in [3.8, 4) is 0 Å². The van der Waals surface area contributed by atoms with Crippen molar-refractivity contribution in [3.63, 3.8) is 0 Å². The average Bonchev–Trinajstić information content (AvgIpc) is 3.06. The van der Waals surface area contributed by atoms with Gasteiger partial charge in [0.2, 0.25) is 0 Å². The number of nitrogens with one attached hydrogen (secondary N) is 2. The zero-order valence-electron chi connectivity index (χ0n) is 14.1. The highest BCUT2D eigenvalue weighted by Gasteiger charge is 2.10. The monoisotopic (exact) mass is 388 g/mol. The van der Waals surface area contributed by atoms with Crippen molar-refractivity contribution in [3.05, 3.63) is 82.8 Å². The zero-order chi connectivity index (χ0) is 18.5. The molecule has 0 saturated heterocycles. The lowest BCUT2D eigenvalue weighted by Crippen LogP contribution is -2.31. The second kappa shape index (κ2) is 8.29. The summed E-state index contributed by atoms with van der Waals surface area (Å²) in [6, 6.07) is 16.5. The van der Waals surface area contributed by atoms with Gasteiger partial charge < -0.3 is 10.6 Å². The van der Waals surface area contributed by atoms with Crippen LogP contribution in [0.4, 0.5) is 10.2 Å². The fourth-order valence-electron chi connectivity index (χ4n) is 2.54. The van der Waals surface area contributed by atoms with E-state index < -0.39 is 0 Å². The fraction of sp³-hybridized carbons (Fsp3) is 0.158. The SMILES string of the molecule is CC(NC(=S)Nc1ccn(Cc2c(F)cccc2Cl)n1)c1ccccc1. The van der Waals surface area contributed by atoms with Crippen molar-refractivity contribution in [2.45, 2.75) is 19.5 Å². The molecule has 1 atom stereocenters. The van der Waals surface area contributed by atoms with Crippen molar-refractivity contribution in [1.82, 2.24) is 15.1 Å². The Balaban J connectivity index is 1.60. The van der Waals surface area contributed by atoms with E-state index in [4.69, 9.17) is 23.8 Å². The van der Waals surface area contributed by atoms with E-state index in [0.29, 0.717) is 21.5 Å². The zero-order valence-corrected chi connectivity index (χ0v) is 15.7. The fourth-order valence-corrected chi connectivity index (χ4v) is 3.04. The highest BCUT2D eigenvalue weighted by Crippen LogP contribution is 2.20. The Morgan fingerprint density at radius 2 is 1.96 bits per heavy atom. The molecule has 0 spiro atoms. The predicted octanol–water partition coefficient (Wildman–Crippen LogP) is 4.77. The molecule has 1 unspecified atom stereocenters. The number of benzene rings is 2. The summed E-state index contributed by atoms with van der Waals surface area (Å²) in [6.07, 6.45) is 1.74. The number of thiocarbonyl (C=S) groups is 1. The van der Waals surface area contributed by atoms with Gasteiger partial charge in [0.1, 0.15) is 5.82 Å². The molecule has 0 fully saturated rings. The molecular formula is C19H18ClFN4S. The van der Waals surface area contributed by atoms with Crippen LogP contribution < -0.4 is 10.6 Å². The lowest BCUT2D eigenvalue weighted by atomic mass is 10.1. The molecule has 7 heteroatoms. The van der Waals surface area contributed by atoms with Crippen LogP contribution in [-0.4, -0.2) is 14.9 Å². The summed E-state index contributed by atoms with van der Waals surface area (Å²) in [6.45, 7) is 2.27. The van der Waals surface area contributed by atoms with E-state index in [2.05, 4.69) is 15.7 Å². The highest BCUT2D eigenvalue weighted by molar-refractivity contribution is 7.80. The summed E-state index contributed by atoms with van der Waals surface area (Å²) in [4.78, 5) is 0. The largest absolute Gasteiger partial charge is 0.356 e. The predicted molar refractivity (Wildman–Crippen MR) is 107 cm³/mol. The summed E-state index contributed by atoms with van der Waals surface area (Å²) in [5.74, 6) is 0.228. The molecular weight excluding hydrogens is 371 g/mol.